The van der Waals surface area contributed by atoms with E-state index in [4.69, 9.17) is 16.6 Å². The van der Waals surface area contributed by atoms with Crippen molar-refractivity contribution in [3.8, 4) is 0 Å². The number of anilines is 2. The molecule has 0 aromatic heterocycles. The van der Waals surface area contributed by atoms with Crippen LogP contribution in [-0.4, -0.2) is 19.1 Å². The van der Waals surface area contributed by atoms with E-state index >= 15 is 0 Å². The van der Waals surface area contributed by atoms with Gasteiger partial charge < -0.3 is 16.0 Å². The Morgan fingerprint density at radius 2 is 2.00 bits per heavy atom. The fraction of sp³-hybridized carbons (Fsp3) is 0.200. The van der Waals surface area contributed by atoms with E-state index in [0.29, 0.717) is 17.9 Å². The van der Waals surface area contributed by atoms with Crippen LogP contribution in [-0.2, 0) is 0 Å². The summed E-state index contributed by atoms with van der Waals surface area (Å²) in [6.45, 7) is 0. The fourth-order valence-corrected chi connectivity index (χ4v) is 1.09. The van der Waals surface area contributed by atoms with E-state index < -0.39 is 0 Å². The molecule has 0 saturated carbocycles. The maximum atomic E-state index is 7.63. The standard InChI is InChI=1S/C10H14N4/c1-14(10(13)6-7-11)9-4-2-8(12)3-5-9/h2-5,7,11,13H,6,12H2,1H3. The molecule has 1 aromatic carbocycles. The summed E-state index contributed by atoms with van der Waals surface area (Å²) in [4.78, 5) is 1.73. The Bertz CT molecular complexity index is 328. The average Bonchev–Trinajstić information content (AvgIpc) is 2.18. The minimum absolute atomic E-state index is 0.348. The Balaban J connectivity index is 2.78. The van der Waals surface area contributed by atoms with Gasteiger partial charge in [-0.2, -0.15) is 0 Å². The molecule has 0 amide bonds. The third kappa shape index (κ3) is 2.32. The van der Waals surface area contributed by atoms with Gasteiger partial charge in [0, 0.05) is 31.1 Å². The molecule has 4 N–H and O–H groups in total. The zero-order valence-electron chi connectivity index (χ0n) is 8.12. The van der Waals surface area contributed by atoms with Gasteiger partial charge in [-0.05, 0) is 24.3 Å². The molecule has 0 unspecified atom stereocenters. The number of rotatable bonds is 3. The SMILES string of the molecule is CN(C(=N)CC=N)c1ccc(N)cc1. The molecule has 14 heavy (non-hydrogen) atoms. The first-order chi connectivity index (χ1) is 6.65. The van der Waals surface area contributed by atoms with E-state index in [0.717, 1.165) is 5.69 Å². The number of amidine groups is 1. The minimum Gasteiger partial charge on any atom is -0.399 e. The number of hydrogen-bond acceptors (Lipinski definition) is 3. The largest absolute Gasteiger partial charge is 0.399 e. The molecule has 0 atom stereocenters. The molecule has 0 spiro atoms. The van der Waals surface area contributed by atoms with E-state index in [-0.39, 0.29) is 0 Å². The highest BCUT2D eigenvalue weighted by atomic mass is 15.1. The predicted molar refractivity (Wildman–Crippen MR) is 60.4 cm³/mol. The third-order valence-electron chi connectivity index (χ3n) is 1.98. The van der Waals surface area contributed by atoms with Crippen LogP contribution >= 0.6 is 0 Å². The Kier molecular flexibility index (Phi) is 3.23. The molecule has 0 fully saturated rings. The van der Waals surface area contributed by atoms with Crippen molar-refractivity contribution in [1.29, 1.82) is 10.8 Å². The predicted octanol–water partition coefficient (Wildman–Crippen LogP) is 1.72. The van der Waals surface area contributed by atoms with Crippen molar-refractivity contribution in [1.82, 2.24) is 0 Å². The second kappa shape index (κ2) is 4.41. The lowest BCUT2D eigenvalue weighted by Gasteiger charge is -2.18. The number of nitrogens with two attached hydrogens (primary N) is 1. The highest BCUT2D eigenvalue weighted by Gasteiger charge is 2.04. The van der Waals surface area contributed by atoms with E-state index in [1.165, 1.54) is 6.21 Å². The van der Waals surface area contributed by atoms with Gasteiger partial charge in [-0.25, -0.2) is 0 Å². The number of nitrogen functional groups attached to an aromatic ring is 1. The summed E-state index contributed by atoms with van der Waals surface area (Å²) in [5.74, 6) is 0.393. The molecule has 0 radical (unpaired) electrons. The van der Waals surface area contributed by atoms with Crippen molar-refractivity contribution >= 4 is 23.4 Å². The van der Waals surface area contributed by atoms with Gasteiger partial charge in [0.2, 0.25) is 0 Å². The quantitative estimate of drug-likeness (QED) is 0.385. The van der Waals surface area contributed by atoms with Crippen LogP contribution in [0.3, 0.4) is 0 Å². The normalized spacial score (nSPS) is 9.50. The average molecular weight is 190 g/mol. The van der Waals surface area contributed by atoms with Crippen LogP contribution in [0.2, 0.25) is 0 Å². The van der Waals surface area contributed by atoms with Crippen LogP contribution in [0.4, 0.5) is 11.4 Å². The number of nitrogens with zero attached hydrogens (tertiary/aromatic N) is 1. The van der Waals surface area contributed by atoms with Crippen molar-refractivity contribution < 1.29 is 0 Å². The summed E-state index contributed by atoms with van der Waals surface area (Å²) in [7, 11) is 1.80. The first kappa shape index (κ1) is 10.2. The van der Waals surface area contributed by atoms with Crippen molar-refractivity contribution in [2.75, 3.05) is 17.7 Å². The molecule has 0 aliphatic carbocycles. The van der Waals surface area contributed by atoms with Crippen LogP contribution in [0.15, 0.2) is 24.3 Å². The van der Waals surface area contributed by atoms with Gasteiger partial charge in [0.1, 0.15) is 5.84 Å². The maximum absolute atomic E-state index is 7.63. The lowest BCUT2D eigenvalue weighted by atomic mass is 10.2. The van der Waals surface area contributed by atoms with Crippen LogP contribution < -0.4 is 10.6 Å². The Morgan fingerprint density at radius 1 is 1.43 bits per heavy atom. The molecule has 1 aromatic rings. The van der Waals surface area contributed by atoms with Crippen molar-refractivity contribution in [3.63, 3.8) is 0 Å². The van der Waals surface area contributed by atoms with E-state index in [1.54, 1.807) is 24.1 Å². The van der Waals surface area contributed by atoms with Crippen LogP contribution in [0, 0.1) is 10.8 Å². The zero-order valence-corrected chi connectivity index (χ0v) is 8.12. The summed E-state index contributed by atoms with van der Waals surface area (Å²) in [6, 6.07) is 7.30. The number of hydrogen-bond donors (Lipinski definition) is 3. The van der Waals surface area contributed by atoms with Gasteiger partial charge >= 0.3 is 0 Å². The summed E-state index contributed by atoms with van der Waals surface area (Å²) in [5, 5.41) is 14.5. The maximum Gasteiger partial charge on any atom is 0.105 e. The van der Waals surface area contributed by atoms with Crippen molar-refractivity contribution in [3.05, 3.63) is 24.3 Å². The lowest BCUT2D eigenvalue weighted by molar-refractivity contribution is 1.19. The van der Waals surface area contributed by atoms with Gasteiger partial charge in [0.15, 0.2) is 0 Å². The molecule has 4 nitrogen and oxygen atoms in total. The zero-order chi connectivity index (χ0) is 10.6. The molecule has 4 heteroatoms. The Hall–Kier alpha value is -1.84. The summed E-state index contributed by atoms with van der Waals surface area (Å²) >= 11 is 0. The Morgan fingerprint density at radius 3 is 2.50 bits per heavy atom. The van der Waals surface area contributed by atoms with Crippen LogP contribution in [0.1, 0.15) is 6.42 Å². The van der Waals surface area contributed by atoms with E-state index in [9.17, 15) is 0 Å². The van der Waals surface area contributed by atoms with Crippen LogP contribution in [0.5, 0.6) is 0 Å². The van der Waals surface area contributed by atoms with Crippen molar-refractivity contribution in [2.24, 2.45) is 0 Å². The molecule has 0 saturated heterocycles. The van der Waals surface area contributed by atoms with E-state index in [1.807, 2.05) is 12.1 Å². The number of benzene rings is 1. The monoisotopic (exact) mass is 190 g/mol. The fourth-order valence-electron chi connectivity index (χ4n) is 1.09. The summed E-state index contributed by atoms with van der Waals surface area (Å²) < 4.78 is 0. The highest BCUT2D eigenvalue weighted by molar-refractivity contribution is 6.01. The molecule has 0 aliphatic heterocycles. The number of nitrogens with one attached hydrogen (secondary N) is 2. The molecule has 0 aliphatic rings. The van der Waals surface area contributed by atoms with Crippen molar-refractivity contribution in [2.45, 2.75) is 6.42 Å². The van der Waals surface area contributed by atoms with Gasteiger partial charge in [0.05, 0.1) is 0 Å². The summed E-state index contributed by atoms with van der Waals surface area (Å²) in [5.41, 5.74) is 7.17. The molecule has 0 heterocycles. The molecular formula is C10H14N4. The molecular weight excluding hydrogens is 176 g/mol. The molecule has 0 bridgehead atoms. The third-order valence-corrected chi connectivity index (χ3v) is 1.98. The lowest BCUT2D eigenvalue weighted by Crippen LogP contribution is -2.25. The first-order valence-electron chi connectivity index (χ1n) is 4.30. The van der Waals surface area contributed by atoms with Gasteiger partial charge in [0.25, 0.3) is 0 Å². The smallest absolute Gasteiger partial charge is 0.105 e. The first-order valence-corrected chi connectivity index (χ1v) is 4.30. The van der Waals surface area contributed by atoms with E-state index in [2.05, 4.69) is 0 Å². The second-order valence-corrected chi connectivity index (χ2v) is 3.01. The molecule has 74 valence electrons. The van der Waals surface area contributed by atoms with Gasteiger partial charge in [-0.1, -0.05) is 0 Å². The second-order valence-electron chi connectivity index (χ2n) is 3.01. The van der Waals surface area contributed by atoms with Crippen LogP contribution in [0.25, 0.3) is 0 Å². The molecule has 1 rings (SSSR count). The summed E-state index contributed by atoms with van der Waals surface area (Å²) in [6.07, 6.45) is 1.57. The minimum atomic E-state index is 0.348. The topological polar surface area (TPSA) is 77.0 Å². The highest BCUT2D eigenvalue weighted by Crippen LogP contribution is 2.15. The van der Waals surface area contributed by atoms with Gasteiger partial charge in [-0.15, -0.1) is 0 Å². The Labute approximate surface area is 83.4 Å². The van der Waals surface area contributed by atoms with Gasteiger partial charge in [-0.3, -0.25) is 5.41 Å².